The molecule has 0 aliphatic carbocycles. The van der Waals surface area contributed by atoms with Crippen molar-refractivity contribution < 1.29 is 0 Å². The number of hydrogen-bond donors (Lipinski definition) is 1. The van der Waals surface area contributed by atoms with Gasteiger partial charge in [0, 0.05) is 16.9 Å². The summed E-state index contributed by atoms with van der Waals surface area (Å²) in [5.41, 5.74) is 5.03. The zero-order valence-corrected chi connectivity index (χ0v) is 12.4. The third kappa shape index (κ3) is 3.12. The van der Waals surface area contributed by atoms with Crippen molar-refractivity contribution in [3.63, 3.8) is 0 Å². The molecule has 19 heavy (non-hydrogen) atoms. The largest absolute Gasteiger partial charge is 0.355 e. The van der Waals surface area contributed by atoms with Crippen LogP contribution in [0.25, 0.3) is 5.70 Å². The van der Waals surface area contributed by atoms with E-state index in [1.165, 1.54) is 11.1 Å². The van der Waals surface area contributed by atoms with Gasteiger partial charge in [0.25, 0.3) is 0 Å². The lowest BCUT2D eigenvalue weighted by molar-refractivity contribution is 1.34. The molecule has 0 atom stereocenters. The van der Waals surface area contributed by atoms with Gasteiger partial charge in [-0.3, -0.25) is 0 Å². The molecular weight excluding hydrogens is 277 g/mol. The standard InChI is InChI=1S/C16H15Cl2N/c1-10-7-8-13(9-11(10)2)19-12(3)14-5-4-6-15(17)16(14)18/h4-9,19H,3H2,1-2H3. The SMILES string of the molecule is C=C(Nc1ccc(C)c(C)c1)c1cccc(Cl)c1Cl. The zero-order valence-electron chi connectivity index (χ0n) is 10.9. The van der Waals surface area contributed by atoms with Crippen molar-refractivity contribution in [2.24, 2.45) is 0 Å². The van der Waals surface area contributed by atoms with Gasteiger partial charge in [-0.05, 0) is 43.2 Å². The summed E-state index contributed by atoms with van der Waals surface area (Å²) in [7, 11) is 0. The maximum atomic E-state index is 6.18. The van der Waals surface area contributed by atoms with Gasteiger partial charge in [0.05, 0.1) is 10.0 Å². The summed E-state index contributed by atoms with van der Waals surface area (Å²) in [5, 5.41) is 4.31. The number of anilines is 1. The summed E-state index contributed by atoms with van der Waals surface area (Å²) in [4.78, 5) is 0. The molecular formula is C16H15Cl2N. The van der Waals surface area contributed by atoms with Gasteiger partial charge in [0.15, 0.2) is 0 Å². The molecule has 2 aromatic rings. The predicted molar refractivity (Wildman–Crippen MR) is 85.0 cm³/mol. The van der Waals surface area contributed by atoms with E-state index in [2.05, 4.69) is 37.9 Å². The fraction of sp³-hybridized carbons (Fsp3) is 0.125. The Labute approximate surface area is 123 Å². The second-order valence-electron chi connectivity index (χ2n) is 4.50. The lowest BCUT2D eigenvalue weighted by Crippen LogP contribution is -1.99. The highest BCUT2D eigenvalue weighted by atomic mass is 35.5. The molecule has 3 heteroatoms. The average molecular weight is 292 g/mol. The first-order valence-corrected chi connectivity index (χ1v) is 6.72. The van der Waals surface area contributed by atoms with E-state index >= 15 is 0 Å². The molecule has 0 aliphatic heterocycles. The van der Waals surface area contributed by atoms with Crippen molar-refractivity contribution in [2.75, 3.05) is 5.32 Å². The van der Waals surface area contributed by atoms with Gasteiger partial charge < -0.3 is 5.32 Å². The highest BCUT2D eigenvalue weighted by Crippen LogP contribution is 2.30. The summed E-state index contributed by atoms with van der Waals surface area (Å²) in [6.45, 7) is 8.18. The third-order valence-corrected chi connectivity index (χ3v) is 3.90. The number of benzene rings is 2. The normalized spacial score (nSPS) is 10.3. The highest BCUT2D eigenvalue weighted by molar-refractivity contribution is 6.43. The van der Waals surface area contributed by atoms with Crippen molar-refractivity contribution >= 4 is 34.6 Å². The molecule has 0 amide bonds. The predicted octanol–water partition coefficient (Wildman–Crippen LogP) is 5.69. The van der Waals surface area contributed by atoms with Crippen LogP contribution in [-0.4, -0.2) is 0 Å². The molecule has 0 saturated heterocycles. The highest BCUT2D eigenvalue weighted by Gasteiger charge is 2.08. The van der Waals surface area contributed by atoms with Gasteiger partial charge in [-0.1, -0.05) is 48.0 Å². The average Bonchev–Trinajstić information content (AvgIpc) is 2.37. The maximum Gasteiger partial charge on any atom is 0.0685 e. The molecule has 98 valence electrons. The number of aryl methyl sites for hydroxylation is 2. The lowest BCUT2D eigenvalue weighted by Gasteiger charge is -2.13. The Morgan fingerprint density at radius 3 is 2.47 bits per heavy atom. The Kier molecular flexibility index (Phi) is 4.18. The second-order valence-corrected chi connectivity index (χ2v) is 5.29. The summed E-state index contributed by atoms with van der Waals surface area (Å²) in [6.07, 6.45) is 0. The van der Waals surface area contributed by atoms with Crippen molar-refractivity contribution in [1.82, 2.24) is 0 Å². The van der Waals surface area contributed by atoms with E-state index in [-0.39, 0.29) is 0 Å². The van der Waals surface area contributed by atoms with E-state index in [9.17, 15) is 0 Å². The van der Waals surface area contributed by atoms with Crippen LogP contribution in [0.2, 0.25) is 10.0 Å². The van der Waals surface area contributed by atoms with Crippen LogP contribution in [0.1, 0.15) is 16.7 Å². The van der Waals surface area contributed by atoms with Crippen LogP contribution in [-0.2, 0) is 0 Å². The molecule has 0 saturated carbocycles. The van der Waals surface area contributed by atoms with E-state index < -0.39 is 0 Å². The summed E-state index contributed by atoms with van der Waals surface area (Å²) in [6, 6.07) is 11.7. The Morgan fingerprint density at radius 1 is 1.05 bits per heavy atom. The molecule has 0 bridgehead atoms. The molecule has 0 radical (unpaired) electrons. The molecule has 0 spiro atoms. The van der Waals surface area contributed by atoms with Crippen molar-refractivity contribution in [3.8, 4) is 0 Å². The second kappa shape index (κ2) is 5.68. The van der Waals surface area contributed by atoms with Crippen molar-refractivity contribution in [3.05, 3.63) is 69.7 Å². The first kappa shape index (κ1) is 14.0. The summed E-state index contributed by atoms with van der Waals surface area (Å²) >= 11 is 12.2. The van der Waals surface area contributed by atoms with Crippen LogP contribution in [0.15, 0.2) is 43.0 Å². The van der Waals surface area contributed by atoms with Gasteiger partial charge in [-0.25, -0.2) is 0 Å². The molecule has 0 heterocycles. The van der Waals surface area contributed by atoms with E-state index in [0.29, 0.717) is 10.0 Å². The van der Waals surface area contributed by atoms with Crippen molar-refractivity contribution in [2.45, 2.75) is 13.8 Å². The first-order chi connectivity index (χ1) is 8.99. The lowest BCUT2D eigenvalue weighted by atomic mass is 10.1. The molecule has 0 aliphatic rings. The minimum atomic E-state index is 0.519. The minimum absolute atomic E-state index is 0.519. The monoisotopic (exact) mass is 291 g/mol. The van der Waals surface area contributed by atoms with Gasteiger partial charge in [-0.2, -0.15) is 0 Å². The van der Waals surface area contributed by atoms with E-state index in [4.69, 9.17) is 23.2 Å². The third-order valence-electron chi connectivity index (χ3n) is 3.08. The molecule has 0 fully saturated rings. The van der Waals surface area contributed by atoms with Crippen molar-refractivity contribution in [1.29, 1.82) is 0 Å². The molecule has 2 aromatic carbocycles. The number of rotatable bonds is 3. The minimum Gasteiger partial charge on any atom is -0.355 e. The van der Waals surface area contributed by atoms with E-state index in [1.54, 1.807) is 6.07 Å². The first-order valence-electron chi connectivity index (χ1n) is 5.96. The van der Waals surface area contributed by atoms with E-state index in [0.717, 1.165) is 16.9 Å². The quantitative estimate of drug-likeness (QED) is 0.766. The van der Waals surface area contributed by atoms with Gasteiger partial charge in [0.1, 0.15) is 0 Å². The fourth-order valence-corrected chi connectivity index (χ4v) is 2.21. The van der Waals surface area contributed by atoms with E-state index in [1.807, 2.05) is 18.2 Å². The van der Waals surface area contributed by atoms with Gasteiger partial charge in [-0.15, -0.1) is 0 Å². The van der Waals surface area contributed by atoms with Crippen LogP contribution in [0.4, 0.5) is 5.69 Å². The number of halogens is 2. The zero-order chi connectivity index (χ0) is 14.0. The van der Waals surface area contributed by atoms with Gasteiger partial charge in [0.2, 0.25) is 0 Å². The molecule has 0 unspecified atom stereocenters. The Balaban J connectivity index is 2.26. The number of nitrogens with one attached hydrogen (secondary N) is 1. The van der Waals surface area contributed by atoms with Gasteiger partial charge >= 0.3 is 0 Å². The van der Waals surface area contributed by atoms with Crippen LogP contribution in [0.5, 0.6) is 0 Å². The Hall–Kier alpha value is -1.44. The topological polar surface area (TPSA) is 12.0 Å². The Bertz CT molecular complexity index is 633. The smallest absolute Gasteiger partial charge is 0.0685 e. The van der Waals surface area contributed by atoms with Crippen LogP contribution in [0.3, 0.4) is 0 Å². The Morgan fingerprint density at radius 2 is 1.79 bits per heavy atom. The van der Waals surface area contributed by atoms with Crippen LogP contribution >= 0.6 is 23.2 Å². The molecule has 0 aromatic heterocycles. The summed E-state index contributed by atoms with van der Waals surface area (Å²) in [5.74, 6) is 0. The molecule has 2 rings (SSSR count). The molecule has 1 nitrogen and oxygen atoms in total. The molecule has 1 N–H and O–H groups in total. The maximum absolute atomic E-state index is 6.18. The summed E-state index contributed by atoms with van der Waals surface area (Å²) < 4.78 is 0. The van der Waals surface area contributed by atoms with Crippen LogP contribution < -0.4 is 5.32 Å². The fourth-order valence-electron chi connectivity index (χ4n) is 1.80. The number of hydrogen-bond acceptors (Lipinski definition) is 1. The van der Waals surface area contributed by atoms with Crippen LogP contribution in [0, 0.1) is 13.8 Å².